The van der Waals surface area contributed by atoms with Crippen molar-refractivity contribution in [1.29, 1.82) is 0 Å². The van der Waals surface area contributed by atoms with Crippen molar-refractivity contribution in [1.82, 2.24) is 9.38 Å². The summed E-state index contributed by atoms with van der Waals surface area (Å²) >= 11 is 1.54. The van der Waals surface area contributed by atoms with E-state index in [1.54, 1.807) is 11.3 Å². The van der Waals surface area contributed by atoms with Gasteiger partial charge in [-0.05, 0) is 12.8 Å². The Hall–Kier alpha value is -1.40. The fourth-order valence-corrected chi connectivity index (χ4v) is 3.12. The first kappa shape index (κ1) is 11.7. The van der Waals surface area contributed by atoms with Gasteiger partial charge in [0.15, 0.2) is 17.1 Å². The summed E-state index contributed by atoms with van der Waals surface area (Å²) in [5, 5.41) is 1.94. The van der Waals surface area contributed by atoms with Crippen LogP contribution in [0.25, 0.3) is 4.96 Å². The van der Waals surface area contributed by atoms with Crippen molar-refractivity contribution in [3.05, 3.63) is 17.3 Å². The number of imidazole rings is 1. The van der Waals surface area contributed by atoms with Gasteiger partial charge >= 0.3 is 0 Å². The van der Waals surface area contributed by atoms with Gasteiger partial charge in [0.25, 0.3) is 0 Å². The van der Waals surface area contributed by atoms with Gasteiger partial charge in [-0.25, -0.2) is 4.98 Å². The average Bonchev–Trinajstić information content (AvgIpc) is 2.98. The number of nitrogens with zero attached hydrogens (tertiary/aromatic N) is 3. The summed E-state index contributed by atoms with van der Waals surface area (Å²) in [6, 6.07) is 0.405. The summed E-state index contributed by atoms with van der Waals surface area (Å²) in [6.07, 6.45) is 4.75. The van der Waals surface area contributed by atoms with Crippen molar-refractivity contribution in [3.8, 4) is 0 Å². The van der Waals surface area contributed by atoms with Crippen LogP contribution < -0.4 is 4.90 Å². The zero-order chi connectivity index (χ0) is 12.5. The molecule has 0 bridgehead atoms. The van der Waals surface area contributed by atoms with Crippen LogP contribution in [0.4, 0.5) is 5.82 Å². The van der Waals surface area contributed by atoms with Gasteiger partial charge in [0.05, 0.1) is 0 Å². The third-order valence-corrected chi connectivity index (χ3v) is 4.22. The molecule has 2 aromatic heterocycles. The number of fused-ring (bicyclic) bond motifs is 1. The number of carbonyl (C=O) groups excluding carboxylic acids is 1. The maximum atomic E-state index is 11.3. The molecule has 5 nitrogen and oxygen atoms in total. The molecule has 0 radical (unpaired) electrons. The predicted molar refractivity (Wildman–Crippen MR) is 70.7 cm³/mol. The predicted octanol–water partition coefficient (Wildman–Crippen LogP) is 1.82. The summed E-state index contributed by atoms with van der Waals surface area (Å²) in [7, 11) is 2.01. The zero-order valence-corrected chi connectivity index (χ0v) is 11.0. The lowest BCUT2D eigenvalue weighted by molar-refractivity contribution is 0.0853. The fourth-order valence-electron chi connectivity index (χ4n) is 2.41. The molecule has 1 fully saturated rings. The zero-order valence-electron chi connectivity index (χ0n) is 10.2. The van der Waals surface area contributed by atoms with E-state index in [4.69, 9.17) is 4.74 Å². The number of hydrogen-bond donors (Lipinski definition) is 0. The van der Waals surface area contributed by atoms with Crippen molar-refractivity contribution >= 4 is 28.4 Å². The van der Waals surface area contributed by atoms with Gasteiger partial charge in [-0.3, -0.25) is 9.20 Å². The highest BCUT2D eigenvalue weighted by Crippen LogP contribution is 2.26. The molecule has 1 aliphatic rings. The molecule has 2 aromatic rings. The van der Waals surface area contributed by atoms with Crippen LogP contribution in [0.1, 0.15) is 23.3 Å². The number of ether oxygens (including phenoxy) is 1. The van der Waals surface area contributed by atoms with Crippen molar-refractivity contribution in [3.63, 3.8) is 0 Å². The van der Waals surface area contributed by atoms with Gasteiger partial charge in [-0.1, -0.05) is 0 Å². The van der Waals surface area contributed by atoms with E-state index >= 15 is 0 Å². The first-order valence-electron chi connectivity index (χ1n) is 6.02. The Morgan fingerprint density at radius 2 is 2.33 bits per heavy atom. The van der Waals surface area contributed by atoms with Crippen molar-refractivity contribution in [2.24, 2.45) is 0 Å². The average molecular weight is 265 g/mol. The Balaban J connectivity index is 1.96. The van der Waals surface area contributed by atoms with E-state index in [9.17, 15) is 4.79 Å². The molecule has 1 aliphatic heterocycles. The van der Waals surface area contributed by atoms with Gasteiger partial charge in [0.2, 0.25) is 0 Å². The molecule has 3 heterocycles. The summed E-state index contributed by atoms with van der Waals surface area (Å²) in [4.78, 5) is 18.8. The molecule has 1 saturated heterocycles. The molecule has 0 atom stereocenters. The highest BCUT2D eigenvalue weighted by atomic mass is 32.1. The molecule has 6 heteroatoms. The largest absolute Gasteiger partial charge is 0.381 e. The molecule has 0 aliphatic carbocycles. The SMILES string of the molecule is CN(c1nc2sccn2c1C=O)C1CCOCC1. The quantitative estimate of drug-likeness (QED) is 0.794. The van der Waals surface area contributed by atoms with Crippen molar-refractivity contribution in [2.75, 3.05) is 25.2 Å². The number of aldehydes is 1. The van der Waals surface area contributed by atoms with E-state index < -0.39 is 0 Å². The van der Waals surface area contributed by atoms with Gasteiger partial charge in [0.1, 0.15) is 5.69 Å². The summed E-state index contributed by atoms with van der Waals surface area (Å²) in [5.74, 6) is 0.781. The third kappa shape index (κ3) is 1.81. The Kier molecular flexibility index (Phi) is 3.05. The molecular weight excluding hydrogens is 250 g/mol. The molecule has 18 heavy (non-hydrogen) atoms. The molecule has 3 rings (SSSR count). The van der Waals surface area contributed by atoms with Gasteiger partial charge < -0.3 is 9.64 Å². The van der Waals surface area contributed by atoms with Crippen LogP contribution in [0.3, 0.4) is 0 Å². The summed E-state index contributed by atoms with van der Waals surface area (Å²) in [5.41, 5.74) is 0.639. The first-order valence-corrected chi connectivity index (χ1v) is 6.90. The molecule has 0 aromatic carbocycles. The molecule has 0 spiro atoms. The van der Waals surface area contributed by atoms with Gasteiger partial charge in [0, 0.05) is 37.9 Å². The second-order valence-corrected chi connectivity index (χ2v) is 5.32. The molecular formula is C12H15N3O2S. The number of hydrogen-bond acceptors (Lipinski definition) is 5. The van der Waals surface area contributed by atoms with E-state index in [-0.39, 0.29) is 0 Å². The molecule has 0 amide bonds. The molecule has 96 valence electrons. The lowest BCUT2D eigenvalue weighted by Gasteiger charge is -2.31. The lowest BCUT2D eigenvalue weighted by atomic mass is 10.1. The topological polar surface area (TPSA) is 46.8 Å². The normalized spacial score (nSPS) is 17.2. The third-order valence-electron chi connectivity index (χ3n) is 3.46. The Labute approximate surface area is 109 Å². The van der Waals surface area contributed by atoms with Crippen molar-refractivity contribution < 1.29 is 9.53 Å². The number of aromatic nitrogens is 2. The molecule has 0 unspecified atom stereocenters. The van der Waals surface area contributed by atoms with Crippen LogP contribution in [0.5, 0.6) is 0 Å². The van der Waals surface area contributed by atoms with E-state index in [2.05, 4.69) is 9.88 Å². The Morgan fingerprint density at radius 1 is 1.56 bits per heavy atom. The van der Waals surface area contributed by atoms with Crippen LogP contribution >= 0.6 is 11.3 Å². The van der Waals surface area contributed by atoms with Crippen LogP contribution in [-0.2, 0) is 4.74 Å². The smallest absolute Gasteiger partial charge is 0.196 e. The maximum Gasteiger partial charge on any atom is 0.196 e. The van der Waals surface area contributed by atoms with Gasteiger partial charge in [-0.2, -0.15) is 0 Å². The second kappa shape index (κ2) is 4.70. The van der Waals surface area contributed by atoms with Crippen LogP contribution in [-0.4, -0.2) is 42.0 Å². The van der Waals surface area contributed by atoms with E-state index in [1.165, 1.54) is 0 Å². The monoisotopic (exact) mass is 265 g/mol. The molecule has 0 N–H and O–H groups in total. The van der Waals surface area contributed by atoms with E-state index in [0.717, 1.165) is 43.1 Å². The lowest BCUT2D eigenvalue weighted by Crippen LogP contribution is -2.37. The Bertz CT molecular complexity index is 557. The fraction of sp³-hybridized carbons (Fsp3) is 0.500. The number of anilines is 1. The minimum atomic E-state index is 0.405. The van der Waals surface area contributed by atoms with Gasteiger partial charge in [-0.15, -0.1) is 11.3 Å². The minimum absolute atomic E-state index is 0.405. The second-order valence-electron chi connectivity index (χ2n) is 4.45. The highest BCUT2D eigenvalue weighted by Gasteiger charge is 2.24. The van der Waals surface area contributed by atoms with Crippen LogP contribution in [0, 0.1) is 0 Å². The number of thiazole rings is 1. The van der Waals surface area contributed by atoms with Crippen molar-refractivity contribution in [2.45, 2.75) is 18.9 Å². The van der Waals surface area contributed by atoms with E-state index in [1.807, 2.05) is 23.0 Å². The first-order chi connectivity index (χ1) is 8.81. The standard InChI is InChI=1S/C12H15N3O2S/c1-14(9-2-5-17-6-3-9)11-10(8-16)15-4-7-18-12(15)13-11/h4,7-9H,2-3,5-6H2,1H3. The number of carbonyl (C=O) groups is 1. The minimum Gasteiger partial charge on any atom is -0.381 e. The summed E-state index contributed by atoms with van der Waals surface area (Å²) < 4.78 is 7.22. The van der Waals surface area contributed by atoms with E-state index in [0.29, 0.717) is 11.7 Å². The molecule has 0 saturated carbocycles. The van der Waals surface area contributed by atoms with Crippen LogP contribution in [0.15, 0.2) is 11.6 Å². The van der Waals surface area contributed by atoms with Crippen LogP contribution in [0.2, 0.25) is 0 Å². The maximum absolute atomic E-state index is 11.3. The number of rotatable bonds is 3. The highest BCUT2D eigenvalue weighted by molar-refractivity contribution is 7.15. The summed E-state index contributed by atoms with van der Waals surface area (Å²) in [6.45, 7) is 1.57. The Morgan fingerprint density at radius 3 is 3.06 bits per heavy atom.